The van der Waals surface area contributed by atoms with Crippen molar-refractivity contribution in [2.24, 2.45) is 0 Å². The number of benzene rings is 1. The minimum Gasteiger partial charge on any atom is -0.389 e. The van der Waals surface area contributed by atoms with Gasteiger partial charge in [-0.2, -0.15) is 0 Å². The zero-order chi connectivity index (χ0) is 18.8. The van der Waals surface area contributed by atoms with E-state index < -0.39 is 6.10 Å². The highest BCUT2D eigenvalue weighted by molar-refractivity contribution is 7.18. The van der Waals surface area contributed by atoms with Crippen LogP contribution in [0.4, 0.5) is 0 Å². The molecule has 0 bridgehead atoms. The number of thiophene rings is 1. The lowest BCUT2D eigenvalue weighted by Gasteiger charge is -2.14. The van der Waals surface area contributed by atoms with Crippen molar-refractivity contribution in [3.8, 4) is 0 Å². The Hall–Kier alpha value is -1.73. The summed E-state index contributed by atoms with van der Waals surface area (Å²) in [5, 5.41) is 11.7. The van der Waals surface area contributed by atoms with Crippen molar-refractivity contribution in [3.05, 3.63) is 62.0 Å². The highest BCUT2D eigenvalue weighted by atomic mass is 35.5. The number of nitrogens with zero attached hydrogens (tertiary/aromatic N) is 2. The van der Waals surface area contributed by atoms with Crippen molar-refractivity contribution in [1.29, 1.82) is 0 Å². The van der Waals surface area contributed by atoms with Gasteiger partial charge in [0.05, 0.1) is 37.6 Å². The van der Waals surface area contributed by atoms with Crippen LogP contribution in [-0.4, -0.2) is 27.4 Å². The van der Waals surface area contributed by atoms with E-state index in [4.69, 9.17) is 16.3 Å². The fraction of sp³-hybridized carbons (Fsp3) is 0.400. The van der Waals surface area contributed by atoms with Gasteiger partial charge in [-0.15, -0.1) is 11.3 Å². The van der Waals surface area contributed by atoms with Crippen LogP contribution in [0.1, 0.15) is 28.8 Å². The Labute approximate surface area is 166 Å². The summed E-state index contributed by atoms with van der Waals surface area (Å²) in [7, 11) is 0. The van der Waals surface area contributed by atoms with Gasteiger partial charge in [-0.3, -0.25) is 9.36 Å². The Kier molecular flexibility index (Phi) is 5.59. The van der Waals surface area contributed by atoms with Crippen LogP contribution >= 0.6 is 22.9 Å². The second-order valence-electron chi connectivity index (χ2n) is 6.89. The fourth-order valence-electron chi connectivity index (χ4n) is 3.48. The van der Waals surface area contributed by atoms with Crippen LogP contribution in [-0.2, 0) is 30.7 Å². The number of fused-ring (bicyclic) bond motifs is 3. The Morgan fingerprint density at radius 3 is 2.85 bits per heavy atom. The van der Waals surface area contributed by atoms with E-state index in [1.165, 1.54) is 27.8 Å². The number of rotatable bonds is 6. The molecule has 3 aromatic rings. The standard InChI is InChI=1S/C20H21ClN2O3S/c21-14-7-5-13(6-8-14)10-26-11-15(24)9-23-12-22-19-18(20(23)25)16-3-1-2-4-17(16)27-19/h5-8,12,15,24H,1-4,9-11H2/t15-/m1/s1. The predicted octanol–water partition coefficient (Wildman–Crippen LogP) is 3.57. The molecule has 1 atom stereocenters. The molecule has 2 aromatic heterocycles. The Morgan fingerprint density at radius 2 is 2.04 bits per heavy atom. The normalized spacial score (nSPS) is 15.0. The minimum atomic E-state index is -0.774. The maximum Gasteiger partial charge on any atom is 0.262 e. The molecule has 1 aromatic carbocycles. The summed E-state index contributed by atoms with van der Waals surface area (Å²) in [5.74, 6) is 0. The predicted molar refractivity (Wildman–Crippen MR) is 108 cm³/mol. The summed E-state index contributed by atoms with van der Waals surface area (Å²) in [6.07, 6.45) is 5.05. The van der Waals surface area contributed by atoms with Gasteiger partial charge in [0.2, 0.25) is 0 Å². The number of ether oxygens (including phenoxy) is 1. The van der Waals surface area contributed by atoms with E-state index >= 15 is 0 Å². The van der Waals surface area contributed by atoms with Crippen LogP contribution in [0, 0.1) is 0 Å². The monoisotopic (exact) mass is 404 g/mol. The first-order chi connectivity index (χ1) is 13.1. The smallest absolute Gasteiger partial charge is 0.262 e. The van der Waals surface area contributed by atoms with Gasteiger partial charge in [-0.05, 0) is 48.9 Å². The Morgan fingerprint density at radius 1 is 1.26 bits per heavy atom. The molecule has 2 heterocycles. The molecule has 0 amide bonds. The lowest BCUT2D eigenvalue weighted by Crippen LogP contribution is -2.29. The van der Waals surface area contributed by atoms with Gasteiger partial charge in [-0.1, -0.05) is 23.7 Å². The first kappa shape index (κ1) is 18.6. The first-order valence-corrected chi connectivity index (χ1v) is 10.3. The molecule has 0 spiro atoms. The van der Waals surface area contributed by atoms with Crippen molar-refractivity contribution < 1.29 is 9.84 Å². The van der Waals surface area contributed by atoms with E-state index in [9.17, 15) is 9.90 Å². The number of aliphatic hydroxyl groups is 1. The van der Waals surface area contributed by atoms with Crippen LogP contribution < -0.4 is 5.56 Å². The largest absolute Gasteiger partial charge is 0.389 e. The third-order valence-electron chi connectivity index (χ3n) is 4.84. The molecule has 1 aliphatic carbocycles. The summed E-state index contributed by atoms with van der Waals surface area (Å²) < 4.78 is 7.07. The van der Waals surface area contributed by atoms with Crippen molar-refractivity contribution >= 4 is 33.2 Å². The number of hydrogen-bond donors (Lipinski definition) is 1. The second kappa shape index (κ2) is 8.10. The zero-order valence-electron chi connectivity index (χ0n) is 14.9. The summed E-state index contributed by atoms with van der Waals surface area (Å²) in [5.41, 5.74) is 2.09. The van der Waals surface area contributed by atoms with Crippen LogP contribution in [0.3, 0.4) is 0 Å². The summed E-state index contributed by atoms with van der Waals surface area (Å²) in [6.45, 7) is 0.709. The quantitative estimate of drug-likeness (QED) is 0.682. The molecule has 5 nitrogen and oxygen atoms in total. The molecule has 142 valence electrons. The van der Waals surface area contributed by atoms with Crippen LogP contribution in [0.15, 0.2) is 35.4 Å². The third kappa shape index (κ3) is 4.09. The van der Waals surface area contributed by atoms with E-state index in [-0.39, 0.29) is 18.7 Å². The number of hydrogen-bond acceptors (Lipinski definition) is 5. The molecule has 7 heteroatoms. The van der Waals surface area contributed by atoms with Crippen LogP contribution in [0.2, 0.25) is 5.02 Å². The third-order valence-corrected chi connectivity index (χ3v) is 6.29. The molecule has 0 unspecified atom stereocenters. The van der Waals surface area contributed by atoms with Gasteiger partial charge in [-0.25, -0.2) is 4.98 Å². The van der Waals surface area contributed by atoms with E-state index in [1.54, 1.807) is 23.5 Å². The average molecular weight is 405 g/mol. The first-order valence-electron chi connectivity index (χ1n) is 9.12. The lowest BCUT2D eigenvalue weighted by atomic mass is 9.97. The van der Waals surface area contributed by atoms with E-state index in [0.29, 0.717) is 11.6 Å². The van der Waals surface area contributed by atoms with Crippen molar-refractivity contribution in [3.63, 3.8) is 0 Å². The molecule has 0 fully saturated rings. The number of aliphatic hydroxyl groups excluding tert-OH is 1. The molecule has 1 N–H and O–H groups in total. The van der Waals surface area contributed by atoms with Crippen LogP contribution in [0.5, 0.6) is 0 Å². The minimum absolute atomic E-state index is 0.0591. The molecule has 0 saturated carbocycles. The zero-order valence-corrected chi connectivity index (χ0v) is 16.4. The van der Waals surface area contributed by atoms with Crippen molar-refractivity contribution in [2.45, 2.75) is 44.9 Å². The molecule has 1 aliphatic rings. The lowest BCUT2D eigenvalue weighted by molar-refractivity contribution is 0.0198. The molecule has 4 rings (SSSR count). The highest BCUT2D eigenvalue weighted by Crippen LogP contribution is 2.33. The highest BCUT2D eigenvalue weighted by Gasteiger charge is 2.20. The molecule has 0 radical (unpaired) electrons. The summed E-state index contributed by atoms with van der Waals surface area (Å²) >= 11 is 7.49. The van der Waals surface area contributed by atoms with Crippen molar-refractivity contribution in [2.75, 3.05) is 6.61 Å². The maximum absolute atomic E-state index is 12.9. The topological polar surface area (TPSA) is 64.4 Å². The van der Waals surface area contributed by atoms with Gasteiger partial charge < -0.3 is 9.84 Å². The van der Waals surface area contributed by atoms with E-state index in [2.05, 4.69) is 4.98 Å². The summed E-state index contributed by atoms with van der Waals surface area (Å²) in [4.78, 5) is 19.5. The molecule has 0 aliphatic heterocycles. The molecular weight excluding hydrogens is 384 g/mol. The summed E-state index contributed by atoms with van der Waals surface area (Å²) in [6, 6.07) is 7.38. The average Bonchev–Trinajstić information content (AvgIpc) is 3.05. The van der Waals surface area contributed by atoms with Crippen molar-refractivity contribution in [1.82, 2.24) is 9.55 Å². The van der Waals surface area contributed by atoms with Gasteiger partial charge >= 0.3 is 0 Å². The fourth-order valence-corrected chi connectivity index (χ4v) is 4.83. The van der Waals surface area contributed by atoms with Gasteiger partial charge in [0.25, 0.3) is 5.56 Å². The number of aromatic nitrogens is 2. The van der Waals surface area contributed by atoms with E-state index in [0.717, 1.165) is 35.0 Å². The van der Waals surface area contributed by atoms with Gasteiger partial charge in [0.1, 0.15) is 4.83 Å². The molecule has 27 heavy (non-hydrogen) atoms. The Balaban J connectivity index is 1.42. The van der Waals surface area contributed by atoms with Gasteiger partial charge in [0, 0.05) is 9.90 Å². The Bertz CT molecular complexity index is 997. The van der Waals surface area contributed by atoms with E-state index in [1.807, 2.05) is 12.1 Å². The van der Waals surface area contributed by atoms with Gasteiger partial charge in [0.15, 0.2) is 0 Å². The number of aryl methyl sites for hydroxylation is 2. The second-order valence-corrected chi connectivity index (χ2v) is 8.41. The maximum atomic E-state index is 12.9. The SMILES string of the molecule is O=c1c2c3c(sc2ncn1C[C@@H](O)COCc1ccc(Cl)cc1)CCCC3. The number of halogens is 1. The van der Waals surface area contributed by atoms with Crippen LogP contribution in [0.25, 0.3) is 10.2 Å². The molecule has 0 saturated heterocycles. The molecular formula is C20H21ClN2O3S.